The van der Waals surface area contributed by atoms with Crippen LogP contribution in [0.4, 0.5) is 4.79 Å². The lowest BCUT2D eigenvalue weighted by atomic mass is 9.85. The standard InChI is InChI=1S/C72H75N15O15S6/c1-36-52(102-72(100)74-21-23-85-24-26-101-27-25-85)30-87-58(36)68-81-50(34-107-68)65-78-47(31-104-65)56-43(19-20-44(75-56)64-82-51(35-105-64)70(97)86(22-7-6-10-54(90)91)41-15-13-40(14-16-41)71(98)99)63-79-48(32-103-63)60(93)76-45(29-53(73)89)66-84-55(37(2)108-66)62(95)83-57(59(92)39-8-4-3-5-9-39)67-80-49(33-106-67)61(94)77-46(69(87)96)28-38-11-17-42(88)18-12-38/h3-5,8-9,11-12,17-20,31-36,40-41,45-46,52,57-59,88,92H,6-7,10,13-16,21-30H2,1-2H3,(H2,73,89)(H,74,100)(H,76,93)(H,77,94)(H,83,95)(H,90,91)(H,98,99)/t36-,40?,41?,45-,46-,52-,57-,58-,59+/m0/s1. The molecule has 7 amide bonds. The summed E-state index contributed by atoms with van der Waals surface area (Å²) in [6.07, 6.45) is -1.34. The van der Waals surface area contributed by atoms with Crippen molar-refractivity contribution in [2.75, 3.05) is 52.5 Å². The Bertz CT molecular complexity index is 4800. The minimum atomic E-state index is -1.46. The van der Waals surface area contributed by atoms with Gasteiger partial charge in [-0.3, -0.25) is 43.3 Å². The maximum Gasteiger partial charge on any atom is 0.407 e. The van der Waals surface area contributed by atoms with Gasteiger partial charge in [-0.2, -0.15) is 0 Å². The maximum absolute atomic E-state index is 15.8. The summed E-state index contributed by atoms with van der Waals surface area (Å²) < 4.78 is 11.7. The first-order valence-electron chi connectivity index (χ1n) is 34.9. The number of aliphatic hydroxyl groups is 1. The van der Waals surface area contributed by atoms with E-state index in [9.17, 15) is 58.8 Å². The summed E-state index contributed by atoms with van der Waals surface area (Å²) in [5.41, 5.74) is 8.29. The van der Waals surface area contributed by atoms with Gasteiger partial charge in [0, 0.05) is 94.9 Å². The molecule has 0 spiro atoms. The van der Waals surface area contributed by atoms with Crippen molar-refractivity contribution in [2.24, 2.45) is 17.6 Å². The average molecular weight is 1580 g/mol. The largest absolute Gasteiger partial charge is 0.508 e. The summed E-state index contributed by atoms with van der Waals surface area (Å²) in [6, 6.07) is 13.0. The van der Waals surface area contributed by atoms with Crippen molar-refractivity contribution in [3.05, 3.63) is 147 Å². The predicted molar refractivity (Wildman–Crippen MR) is 401 cm³/mol. The second-order valence-corrected chi connectivity index (χ2v) is 32.1. The van der Waals surface area contributed by atoms with E-state index >= 15 is 4.79 Å². The quantitative estimate of drug-likeness (QED) is 0.0342. The Hall–Kier alpha value is -9.92. The molecule has 36 heteroatoms. The summed E-state index contributed by atoms with van der Waals surface area (Å²) in [4.78, 5) is 165. The lowest BCUT2D eigenvalue weighted by molar-refractivity contribution is -0.143. The van der Waals surface area contributed by atoms with Gasteiger partial charge in [0.15, 0.2) is 0 Å². The number of aromatic nitrogens is 7. The number of pyridine rings is 1. The molecular weight excluding hydrogens is 1510 g/mol. The van der Waals surface area contributed by atoms with Gasteiger partial charge in [-0.25, -0.2) is 39.7 Å². The zero-order valence-electron chi connectivity index (χ0n) is 58.2. The van der Waals surface area contributed by atoms with Crippen molar-refractivity contribution in [1.29, 1.82) is 0 Å². The molecule has 3 aliphatic heterocycles. The van der Waals surface area contributed by atoms with Crippen LogP contribution in [0.25, 0.3) is 43.4 Å². The molecule has 10 bridgehead atoms. The number of aromatic hydroxyl groups is 1. The van der Waals surface area contributed by atoms with Crippen LogP contribution in [0.1, 0.15) is 156 Å². The minimum absolute atomic E-state index is 0.0360. The maximum atomic E-state index is 15.8. The van der Waals surface area contributed by atoms with Crippen molar-refractivity contribution >= 4 is 121 Å². The second-order valence-electron chi connectivity index (χ2n) is 26.5. The smallest absolute Gasteiger partial charge is 0.407 e. The summed E-state index contributed by atoms with van der Waals surface area (Å²) in [7, 11) is 0. The summed E-state index contributed by atoms with van der Waals surface area (Å²) >= 11 is 6.73. The fourth-order valence-corrected chi connectivity index (χ4v) is 18.8. The third kappa shape index (κ3) is 17.8. The Kier molecular flexibility index (Phi) is 24.1. The molecule has 7 atom stereocenters. The highest BCUT2D eigenvalue weighted by Gasteiger charge is 2.48. The van der Waals surface area contributed by atoms with E-state index in [4.69, 9.17) is 45.1 Å². The molecule has 2 saturated heterocycles. The SMILES string of the molecule is Cc1sc2nc1C(=O)N[C@@H]([C@H](O)c1ccccc1)c1nc(cs1)C(=O)N[C@@H](Cc1ccc(O)cc1)C(=O)N1C[C@H](OC(=O)NCCN3CCOCC3)[C@H](C)[C@H]1c1nc(cs1)-c1nc(cs1)-c1nc(-c3nc(C(=O)N(CCCCC(=O)O)C4CCC(C(=O)O)CC4)cs3)ccc1-c1nc(cs1)C(=O)N[C@H]2CC(N)=O. The third-order valence-electron chi connectivity index (χ3n) is 19.3. The molecule has 13 rings (SSSR count). The van der Waals surface area contributed by atoms with E-state index in [-0.39, 0.29) is 82.8 Å². The third-order valence-corrected chi connectivity index (χ3v) is 24.8. The van der Waals surface area contributed by atoms with Crippen LogP contribution in [-0.2, 0) is 35.1 Å². The summed E-state index contributed by atoms with van der Waals surface area (Å²) in [5.74, 6) is -7.12. The minimum Gasteiger partial charge on any atom is -0.508 e. The number of ether oxygens (including phenoxy) is 2. The van der Waals surface area contributed by atoms with Crippen LogP contribution in [0.15, 0.2) is 93.6 Å². The Morgan fingerprint density at radius 1 is 0.704 bits per heavy atom. The number of carbonyl (C=O) groups is 9. The molecule has 10 N–H and O–H groups in total. The number of carbonyl (C=O) groups excluding carboxylic acids is 7. The van der Waals surface area contributed by atoms with Crippen molar-refractivity contribution in [2.45, 2.75) is 114 Å². The number of amides is 7. The summed E-state index contributed by atoms with van der Waals surface area (Å²) in [5, 5.41) is 63.1. The number of fused-ring (bicyclic) bond motifs is 16. The number of benzene rings is 2. The number of carboxylic acid groups (broad SMARTS) is 2. The van der Waals surface area contributed by atoms with Crippen LogP contribution in [0, 0.1) is 18.8 Å². The van der Waals surface area contributed by atoms with Gasteiger partial charge in [-0.05, 0) is 80.8 Å². The highest BCUT2D eigenvalue weighted by atomic mass is 32.1. The number of nitrogens with one attached hydrogen (secondary N) is 4. The molecule has 4 aliphatic rings. The number of alkyl carbamates (subject to hydrolysis) is 1. The molecule has 10 heterocycles. The highest BCUT2D eigenvalue weighted by Crippen LogP contribution is 2.44. The van der Waals surface area contributed by atoms with E-state index in [0.29, 0.717) is 130 Å². The lowest BCUT2D eigenvalue weighted by Gasteiger charge is -2.35. The van der Waals surface area contributed by atoms with Gasteiger partial charge in [0.25, 0.3) is 23.6 Å². The van der Waals surface area contributed by atoms with E-state index in [0.717, 1.165) is 45.3 Å². The average Bonchev–Trinajstić information content (AvgIpc) is 1.62. The normalized spacial score (nSPS) is 21.0. The Balaban J connectivity index is 0.889. The monoisotopic (exact) mass is 1580 g/mol. The van der Waals surface area contributed by atoms with Gasteiger partial charge in [0.05, 0.1) is 49.9 Å². The Morgan fingerprint density at radius 3 is 2.11 bits per heavy atom. The second kappa shape index (κ2) is 34.1. The first-order chi connectivity index (χ1) is 52.1. The van der Waals surface area contributed by atoms with E-state index in [2.05, 4.69) is 31.2 Å². The number of hydrogen-bond acceptors (Lipinski definition) is 27. The molecular formula is C72H75N15O15S6. The van der Waals surface area contributed by atoms with Crippen LogP contribution in [0.2, 0.25) is 0 Å². The molecule has 7 aromatic heterocycles. The Labute approximate surface area is 641 Å². The molecule has 9 aromatic rings. The zero-order chi connectivity index (χ0) is 75.9. The van der Waals surface area contributed by atoms with Crippen LogP contribution >= 0.6 is 68.0 Å². The lowest BCUT2D eigenvalue weighted by Crippen LogP contribution is -2.50. The van der Waals surface area contributed by atoms with Crippen LogP contribution in [-0.4, -0.2) is 194 Å². The fourth-order valence-electron chi connectivity index (χ4n) is 13.5. The van der Waals surface area contributed by atoms with E-state index in [1.54, 1.807) is 87.5 Å². The highest BCUT2D eigenvalue weighted by molar-refractivity contribution is 7.15. The Morgan fingerprint density at radius 2 is 1.37 bits per heavy atom. The number of phenols is 1. The molecule has 2 aromatic carbocycles. The molecule has 0 radical (unpaired) electrons. The molecule has 0 unspecified atom stereocenters. The van der Waals surface area contributed by atoms with E-state index < -0.39 is 108 Å². The number of hydrogen-bond donors (Lipinski definition) is 9. The molecule has 30 nitrogen and oxygen atoms in total. The van der Waals surface area contributed by atoms with Gasteiger partial charge in [-0.1, -0.05) is 49.4 Å². The molecule has 3 fully saturated rings. The molecule has 108 heavy (non-hydrogen) atoms. The van der Waals surface area contributed by atoms with Gasteiger partial charge in [0.1, 0.15) is 99.9 Å². The van der Waals surface area contributed by atoms with Gasteiger partial charge in [-0.15, -0.1) is 68.0 Å². The first-order valence-corrected chi connectivity index (χ1v) is 40.1. The molecule has 564 valence electrons. The van der Waals surface area contributed by atoms with Gasteiger partial charge < -0.3 is 66.7 Å². The van der Waals surface area contributed by atoms with Crippen LogP contribution < -0.4 is 27.0 Å². The van der Waals surface area contributed by atoms with E-state index in [1.807, 2.05) is 6.92 Å². The fraction of sp³-hybridized carbons (Fsp3) is 0.389. The topological polar surface area (TPSA) is 427 Å². The number of unbranched alkanes of at least 4 members (excludes halogenated alkanes) is 1. The molecule has 1 saturated carbocycles. The molecule has 1 aliphatic carbocycles. The number of rotatable bonds is 19. The van der Waals surface area contributed by atoms with Crippen molar-refractivity contribution < 1.29 is 73.1 Å². The van der Waals surface area contributed by atoms with Gasteiger partial charge >= 0.3 is 18.0 Å². The number of nitrogens with two attached hydrogens (primary N) is 1. The van der Waals surface area contributed by atoms with Crippen molar-refractivity contribution in [3.8, 4) is 49.1 Å². The number of primary amides is 1. The van der Waals surface area contributed by atoms with Crippen LogP contribution in [0.3, 0.4) is 0 Å². The number of aliphatic carboxylic acids is 2. The number of aliphatic hydroxyl groups excluding tert-OH is 1. The van der Waals surface area contributed by atoms with Crippen molar-refractivity contribution in [1.82, 2.24) is 70.9 Å². The van der Waals surface area contributed by atoms with Gasteiger partial charge in [0.2, 0.25) is 11.8 Å². The number of nitrogens with zero attached hydrogens (tertiary/aromatic N) is 10. The van der Waals surface area contributed by atoms with Crippen LogP contribution in [0.5, 0.6) is 5.75 Å². The predicted octanol–water partition coefficient (Wildman–Crippen LogP) is 8.70. The summed E-state index contributed by atoms with van der Waals surface area (Å²) in [6.45, 7) is 6.94. The number of morpholine rings is 1. The number of phenolic OH excluding ortho intramolecular Hbond substituents is 1. The number of carboxylic acids is 2. The van der Waals surface area contributed by atoms with E-state index in [1.165, 1.54) is 45.6 Å². The van der Waals surface area contributed by atoms with Crippen molar-refractivity contribution in [3.63, 3.8) is 0 Å². The first kappa shape index (κ1) is 76.3. The zero-order valence-corrected chi connectivity index (χ0v) is 63.1. The number of thiazole rings is 6. The number of aryl methyl sites for hydroxylation is 1.